The number of aromatic carboxylic acids is 1. The smallest absolute Gasteiger partial charge is 0.335 e. The lowest BCUT2D eigenvalue weighted by atomic mass is 10.0. The zero-order valence-electron chi connectivity index (χ0n) is 15.0. The lowest BCUT2D eigenvalue weighted by Crippen LogP contribution is -2.25. The molecule has 0 aliphatic carbocycles. The highest BCUT2D eigenvalue weighted by atomic mass is 16.4. The fourth-order valence-electron chi connectivity index (χ4n) is 3.40. The van der Waals surface area contributed by atoms with Crippen LogP contribution in [0.4, 0.5) is 23.0 Å². The summed E-state index contributed by atoms with van der Waals surface area (Å²) in [6.45, 7) is 2.76. The summed E-state index contributed by atoms with van der Waals surface area (Å²) >= 11 is 0. The second kappa shape index (κ2) is 7.07. The molecule has 3 aromatic rings. The number of hydrogen-bond donors (Lipinski definition) is 2. The number of aromatic nitrogens is 2. The van der Waals surface area contributed by atoms with Crippen LogP contribution in [0.5, 0.6) is 0 Å². The summed E-state index contributed by atoms with van der Waals surface area (Å²) in [6, 6.07) is 17.0. The number of carboxylic acids is 1. The van der Waals surface area contributed by atoms with Crippen LogP contribution in [0.2, 0.25) is 0 Å². The highest BCUT2D eigenvalue weighted by Gasteiger charge is 2.19. The monoisotopic (exact) mass is 360 g/mol. The van der Waals surface area contributed by atoms with Gasteiger partial charge in [0.15, 0.2) is 0 Å². The first-order valence-corrected chi connectivity index (χ1v) is 8.92. The molecule has 0 bridgehead atoms. The molecule has 0 amide bonds. The summed E-state index contributed by atoms with van der Waals surface area (Å²) in [5.41, 5.74) is 3.42. The molecule has 1 aliphatic rings. The fourth-order valence-corrected chi connectivity index (χ4v) is 3.40. The van der Waals surface area contributed by atoms with Gasteiger partial charge in [0.1, 0.15) is 17.5 Å². The van der Waals surface area contributed by atoms with E-state index in [1.807, 2.05) is 25.1 Å². The van der Waals surface area contributed by atoms with Gasteiger partial charge in [0.25, 0.3) is 0 Å². The molecule has 0 saturated carbocycles. The van der Waals surface area contributed by atoms with Crippen molar-refractivity contribution in [3.05, 3.63) is 71.5 Å². The van der Waals surface area contributed by atoms with Crippen LogP contribution in [-0.4, -0.2) is 27.6 Å². The van der Waals surface area contributed by atoms with E-state index in [4.69, 9.17) is 5.11 Å². The SMILES string of the molecule is Cc1nc(Nc2cccc(C(=O)O)c2)cc(N2CCCc3ccccc32)n1. The van der Waals surface area contributed by atoms with Crippen molar-refractivity contribution in [1.29, 1.82) is 0 Å². The summed E-state index contributed by atoms with van der Waals surface area (Å²) in [5.74, 6) is 1.19. The summed E-state index contributed by atoms with van der Waals surface area (Å²) in [6.07, 6.45) is 2.15. The van der Waals surface area contributed by atoms with Gasteiger partial charge in [0.05, 0.1) is 5.56 Å². The van der Waals surface area contributed by atoms with E-state index >= 15 is 0 Å². The molecule has 0 fully saturated rings. The highest BCUT2D eigenvalue weighted by molar-refractivity contribution is 5.89. The molecule has 6 heteroatoms. The molecule has 2 aromatic carbocycles. The maximum Gasteiger partial charge on any atom is 0.335 e. The number of carboxylic acid groups (broad SMARTS) is 1. The Bertz CT molecular complexity index is 1000. The van der Waals surface area contributed by atoms with Gasteiger partial charge in [-0.3, -0.25) is 0 Å². The standard InChI is InChI=1S/C21H20N4O2/c1-14-22-19(24-17-9-4-7-16(12-17)21(26)27)13-20(23-14)25-11-5-8-15-6-2-3-10-18(15)25/h2-4,6-7,9-10,12-13H,5,8,11H2,1H3,(H,26,27)(H,22,23,24). The number of benzene rings is 2. The Balaban J connectivity index is 1.67. The number of para-hydroxylation sites is 1. The summed E-state index contributed by atoms with van der Waals surface area (Å²) in [4.78, 5) is 22.5. The summed E-state index contributed by atoms with van der Waals surface area (Å²) < 4.78 is 0. The first-order valence-electron chi connectivity index (χ1n) is 8.92. The Hall–Kier alpha value is -3.41. The van der Waals surface area contributed by atoms with Gasteiger partial charge in [0, 0.05) is 24.0 Å². The first-order chi connectivity index (χ1) is 13.1. The van der Waals surface area contributed by atoms with Crippen molar-refractivity contribution in [2.24, 2.45) is 0 Å². The molecule has 6 nitrogen and oxygen atoms in total. The van der Waals surface area contributed by atoms with Gasteiger partial charge < -0.3 is 15.3 Å². The quantitative estimate of drug-likeness (QED) is 0.722. The van der Waals surface area contributed by atoms with E-state index in [0.717, 1.165) is 25.2 Å². The third-order valence-corrected chi connectivity index (χ3v) is 4.59. The Morgan fingerprint density at radius 3 is 2.81 bits per heavy atom. The molecular formula is C21H20N4O2. The van der Waals surface area contributed by atoms with E-state index in [9.17, 15) is 4.79 Å². The zero-order chi connectivity index (χ0) is 18.8. The third-order valence-electron chi connectivity index (χ3n) is 4.59. The maximum absolute atomic E-state index is 11.2. The number of nitrogens with zero attached hydrogens (tertiary/aromatic N) is 3. The predicted molar refractivity (Wildman–Crippen MR) is 105 cm³/mol. The molecule has 1 aliphatic heterocycles. The third kappa shape index (κ3) is 3.60. The number of anilines is 4. The van der Waals surface area contributed by atoms with E-state index in [1.165, 1.54) is 11.3 Å². The van der Waals surface area contributed by atoms with Crippen LogP contribution >= 0.6 is 0 Å². The molecule has 2 heterocycles. The largest absolute Gasteiger partial charge is 0.478 e. The average molecular weight is 360 g/mol. The van der Waals surface area contributed by atoms with Crippen molar-refractivity contribution in [2.75, 3.05) is 16.8 Å². The summed E-state index contributed by atoms with van der Waals surface area (Å²) in [7, 11) is 0. The van der Waals surface area contributed by atoms with Gasteiger partial charge in [-0.15, -0.1) is 0 Å². The van der Waals surface area contributed by atoms with Crippen LogP contribution in [-0.2, 0) is 6.42 Å². The van der Waals surface area contributed by atoms with E-state index in [-0.39, 0.29) is 5.56 Å². The van der Waals surface area contributed by atoms with Crippen molar-refractivity contribution in [2.45, 2.75) is 19.8 Å². The molecule has 136 valence electrons. The number of fused-ring (bicyclic) bond motifs is 1. The van der Waals surface area contributed by atoms with Crippen LogP contribution in [0.1, 0.15) is 28.2 Å². The van der Waals surface area contributed by atoms with Gasteiger partial charge in [-0.25, -0.2) is 14.8 Å². The van der Waals surface area contributed by atoms with Crippen LogP contribution in [0.3, 0.4) is 0 Å². The number of hydrogen-bond acceptors (Lipinski definition) is 5. The Morgan fingerprint density at radius 1 is 1.11 bits per heavy atom. The lowest BCUT2D eigenvalue weighted by Gasteiger charge is -2.30. The number of aryl methyl sites for hydroxylation is 2. The number of nitrogens with one attached hydrogen (secondary N) is 1. The van der Waals surface area contributed by atoms with Gasteiger partial charge in [0.2, 0.25) is 0 Å². The Morgan fingerprint density at radius 2 is 1.96 bits per heavy atom. The fraction of sp³-hybridized carbons (Fsp3) is 0.190. The topological polar surface area (TPSA) is 78.3 Å². The molecule has 0 spiro atoms. The van der Waals surface area contributed by atoms with Crippen LogP contribution < -0.4 is 10.2 Å². The normalized spacial score (nSPS) is 13.1. The lowest BCUT2D eigenvalue weighted by molar-refractivity contribution is 0.0697. The second-order valence-electron chi connectivity index (χ2n) is 6.55. The minimum Gasteiger partial charge on any atom is -0.478 e. The molecule has 0 radical (unpaired) electrons. The predicted octanol–water partition coefficient (Wildman–Crippen LogP) is 4.31. The molecule has 4 rings (SSSR count). The Kier molecular flexibility index (Phi) is 4.46. The minimum absolute atomic E-state index is 0.232. The number of carbonyl (C=O) groups is 1. The van der Waals surface area contributed by atoms with Crippen molar-refractivity contribution < 1.29 is 9.90 Å². The van der Waals surface area contributed by atoms with Crippen molar-refractivity contribution >= 4 is 29.0 Å². The molecule has 0 atom stereocenters. The van der Waals surface area contributed by atoms with E-state index in [1.54, 1.807) is 18.2 Å². The molecule has 0 unspecified atom stereocenters. The molecule has 2 N–H and O–H groups in total. The van der Waals surface area contributed by atoms with Gasteiger partial charge in [-0.2, -0.15) is 0 Å². The van der Waals surface area contributed by atoms with E-state index in [2.05, 4.69) is 38.4 Å². The van der Waals surface area contributed by atoms with Gasteiger partial charge in [-0.1, -0.05) is 24.3 Å². The van der Waals surface area contributed by atoms with Crippen molar-refractivity contribution in [1.82, 2.24) is 9.97 Å². The number of rotatable bonds is 4. The molecule has 27 heavy (non-hydrogen) atoms. The highest BCUT2D eigenvalue weighted by Crippen LogP contribution is 2.33. The van der Waals surface area contributed by atoms with Crippen LogP contribution in [0.15, 0.2) is 54.6 Å². The first kappa shape index (κ1) is 17.0. The van der Waals surface area contributed by atoms with E-state index in [0.29, 0.717) is 17.3 Å². The van der Waals surface area contributed by atoms with Gasteiger partial charge in [-0.05, 0) is 49.6 Å². The van der Waals surface area contributed by atoms with E-state index < -0.39 is 5.97 Å². The van der Waals surface area contributed by atoms with Crippen molar-refractivity contribution in [3.8, 4) is 0 Å². The second-order valence-corrected chi connectivity index (χ2v) is 6.55. The minimum atomic E-state index is -0.955. The van der Waals surface area contributed by atoms with Crippen LogP contribution in [0, 0.1) is 6.92 Å². The Labute approximate surface area is 157 Å². The molecule has 0 saturated heterocycles. The molecule has 1 aromatic heterocycles. The summed E-state index contributed by atoms with van der Waals surface area (Å²) in [5, 5.41) is 12.4. The maximum atomic E-state index is 11.2. The molecular weight excluding hydrogens is 340 g/mol. The zero-order valence-corrected chi connectivity index (χ0v) is 15.0. The van der Waals surface area contributed by atoms with Crippen molar-refractivity contribution in [3.63, 3.8) is 0 Å². The van der Waals surface area contributed by atoms with Crippen LogP contribution in [0.25, 0.3) is 0 Å². The van der Waals surface area contributed by atoms with Gasteiger partial charge >= 0.3 is 5.97 Å². The average Bonchev–Trinajstić information content (AvgIpc) is 2.67.